The van der Waals surface area contributed by atoms with Crippen LogP contribution < -0.4 is 0 Å². The summed E-state index contributed by atoms with van der Waals surface area (Å²) < 4.78 is 22.3. The predicted molar refractivity (Wildman–Crippen MR) is 132 cm³/mol. The molecule has 1 saturated heterocycles. The Labute approximate surface area is 221 Å². The van der Waals surface area contributed by atoms with Crippen LogP contribution in [0, 0.1) is 0 Å². The first-order valence-corrected chi connectivity index (χ1v) is 12.6. The number of allylic oxidation sites excluding steroid dienone is 3. The molecule has 37 heavy (non-hydrogen) atoms. The van der Waals surface area contributed by atoms with E-state index in [1.165, 1.54) is 13.0 Å². The SMILES string of the molecule is CCC(=O)OC/C1=C/C/C=C(\Cl)CC[C@@H]2C[C@@H](OC(=O)C[C@H]1OC(C)=O)[C@@H]([C@H](O)/C=C(\C)CC(=O)O)O2. The van der Waals surface area contributed by atoms with E-state index in [0.717, 1.165) is 0 Å². The number of rotatable bonds is 8. The van der Waals surface area contributed by atoms with Crippen molar-refractivity contribution in [3.8, 4) is 0 Å². The molecule has 11 heteroatoms. The Morgan fingerprint density at radius 1 is 1.27 bits per heavy atom. The van der Waals surface area contributed by atoms with Crippen LogP contribution >= 0.6 is 11.6 Å². The maximum atomic E-state index is 12.9. The highest BCUT2D eigenvalue weighted by atomic mass is 35.5. The Morgan fingerprint density at radius 3 is 2.65 bits per heavy atom. The number of carbonyl (C=O) groups excluding carboxylic acids is 3. The van der Waals surface area contributed by atoms with Crippen molar-refractivity contribution in [1.29, 1.82) is 0 Å². The van der Waals surface area contributed by atoms with Crippen LogP contribution in [0.25, 0.3) is 0 Å². The quantitative estimate of drug-likeness (QED) is 0.266. The summed E-state index contributed by atoms with van der Waals surface area (Å²) in [5.41, 5.74) is 0.844. The van der Waals surface area contributed by atoms with Gasteiger partial charge in [-0.15, -0.1) is 0 Å². The largest absolute Gasteiger partial charge is 0.481 e. The topological polar surface area (TPSA) is 146 Å². The zero-order valence-electron chi connectivity index (χ0n) is 21.3. The van der Waals surface area contributed by atoms with Gasteiger partial charge in [0.05, 0.1) is 18.9 Å². The lowest BCUT2D eigenvalue weighted by molar-refractivity contribution is -0.159. The first-order valence-electron chi connectivity index (χ1n) is 12.3. The van der Waals surface area contributed by atoms with E-state index in [2.05, 4.69) is 0 Å². The zero-order valence-corrected chi connectivity index (χ0v) is 22.1. The van der Waals surface area contributed by atoms with Gasteiger partial charge in [0.15, 0.2) is 0 Å². The number of aliphatic hydroxyl groups is 1. The Bertz CT molecular complexity index is 938. The lowest BCUT2D eigenvalue weighted by atomic mass is 10.0. The highest BCUT2D eigenvalue weighted by molar-refractivity contribution is 6.29. The maximum Gasteiger partial charge on any atom is 0.310 e. The molecule has 0 unspecified atom stereocenters. The third kappa shape index (κ3) is 10.7. The van der Waals surface area contributed by atoms with Gasteiger partial charge in [0, 0.05) is 30.4 Å². The van der Waals surface area contributed by atoms with E-state index < -0.39 is 48.3 Å². The van der Waals surface area contributed by atoms with Crippen LogP contribution in [-0.2, 0) is 38.1 Å². The third-order valence-electron chi connectivity index (χ3n) is 5.90. The van der Waals surface area contributed by atoms with E-state index in [-0.39, 0.29) is 32.0 Å². The zero-order chi connectivity index (χ0) is 27.5. The van der Waals surface area contributed by atoms with E-state index in [1.807, 2.05) is 0 Å². The number of hydrogen-bond donors (Lipinski definition) is 2. The number of aliphatic hydroxyl groups excluding tert-OH is 1. The Hall–Kier alpha value is -2.69. The Morgan fingerprint density at radius 2 is 2.00 bits per heavy atom. The summed E-state index contributed by atoms with van der Waals surface area (Å²) in [6, 6.07) is 0. The molecule has 2 heterocycles. The van der Waals surface area contributed by atoms with Crippen molar-refractivity contribution < 1.29 is 48.3 Å². The second-order valence-corrected chi connectivity index (χ2v) is 9.57. The molecule has 2 bridgehead atoms. The Kier molecular flexibility index (Phi) is 12.3. The number of esters is 3. The molecule has 2 N–H and O–H groups in total. The average Bonchev–Trinajstić information content (AvgIpc) is 3.20. The summed E-state index contributed by atoms with van der Waals surface area (Å²) in [7, 11) is 0. The van der Waals surface area contributed by atoms with Gasteiger partial charge < -0.3 is 29.2 Å². The van der Waals surface area contributed by atoms with E-state index >= 15 is 0 Å². The van der Waals surface area contributed by atoms with E-state index in [1.54, 1.807) is 26.0 Å². The summed E-state index contributed by atoms with van der Waals surface area (Å²) in [6.45, 7) is 4.26. The summed E-state index contributed by atoms with van der Waals surface area (Å²) in [5, 5.41) is 20.3. The molecule has 0 radical (unpaired) electrons. The second kappa shape index (κ2) is 14.9. The molecular formula is C26H35ClO10. The summed E-state index contributed by atoms with van der Waals surface area (Å²) in [4.78, 5) is 47.4. The number of carbonyl (C=O) groups is 4. The molecule has 0 amide bonds. The molecule has 2 aliphatic heterocycles. The molecule has 206 valence electrons. The lowest BCUT2D eigenvalue weighted by Crippen LogP contribution is -2.37. The number of ether oxygens (including phenoxy) is 4. The van der Waals surface area contributed by atoms with Gasteiger partial charge in [-0.3, -0.25) is 19.2 Å². The van der Waals surface area contributed by atoms with Gasteiger partial charge in [0.25, 0.3) is 0 Å². The van der Waals surface area contributed by atoms with Crippen LogP contribution in [0.3, 0.4) is 0 Å². The maximum absolute atomic E-state index is 12.9. The van der Waals surface area contributed by atoms with Crippen molar-refractivity contribution in [3.05, 3.63) is 34.4 Å². The number of carboxylic acids is 1. The fourth-order valence-corrected chi connectivity index (χ4v) is 4.35. The fraction of sp³-hybridized carbons (Fsp3) is 0.615. The van der Waals surface area contributed by atoms with Crippen LogP contribution in [0.4, 0.5) is 0 Å². The summed E-state index contributed by atoms with van der Waals surface area (Å²) in [6.07, 6.45) is 1.74. The molecule has 2 aliphatic rings. The first kappa shape index (κ1) is 30.5. The number of carboxylic acid groups (broad SMARTS) is 1. The van der Waals surface area contributed by atoms with Crippen molar-refractivity contribution in [3.63, 3.8) is 0 Å². The number of halogens is 1. The van der Waals surface area contributed by atoms with Crippen LogP contribution in [0.15, 0.2) is 34.4 Å². The van der Waals surface area contributed by atoms with Crippen LogP contribution in [-0.4, -0.2) is 71.2 Å². The number of aliphatic carboxylic acids is 1. The standard InChI is InChI=1S/C26H35ClO10/c1-4-24(32)34-14-17-6-5-7-18(27)8-9-19-12-22(37-25(33)13-21(17)35-16(3)28)26(36-19)20(29)10-15(2)11-23(30)31/h6-7,10,19-22,26,29H,4-5,8-9,11-14H2,1-3H3,(H,30,31)/b15-10+,17-6-,18-7-/t19-,20-,21-,22-,26-/m1/s1. The highest BCUT2D eigenvalue weighted by Crippen LogP contribution is 2.32. The highest BCUT2D eigenvalue weighted by Gasteiger charge is 2.41. The average molecular weight is 543 g/mol. The smallest absolute Gasteiger partial charge is 0.310 e. The second-order valence-electron chi connectivity index (χ2n) is 9.08. The summed E-state index contributed by atoms with van der Waals surface area (Å²) in [5.74, 6) is -2.81. The molecule has 0 aromatic heterocycles. The molecule has 1 fully saturated rings. The number of fused-ring (bicyclic) bond motifs is 2. The number of hydrogen-bond acceptors (Lipinski definition) is 9. The molecule has 5 atom stereocenters. The molecular weight excluding hydrogens is 508 g/mol. The predicted octanol–water partition coefficient (Wildman–Crippen LogP) is 3.35. The minimum absolute atomic E-state index is 0.159. The van der Waals surface area contributed by atoms with E-state index in [9.17, 15) is 24.3 Å². The van der Waals surface area contributed by atoms with E-state index in [0.29, 0.717) is 41.9 Å². The van der Waals surface area contributed by atoms with Gasteiger partial charge >= 0.3 is 23.9 Å². The van der Waals surface area contributed by atoms with Gasteiger partial charge in [0.2, 0.25) is 0 Å². The van der Waals surface area contributed by atoms with Crippen molar-refractivity contribution in [2.75, 3.05) is 6.61 Å². The van der Waals surface area contributed by atoms with Crippen LogP contribution in [0.1, 0.15) is 65.7 Å². The molecule has 10 nitrogen and oxygen atoms in total. The van der Waals surface area contributed by atoms with Crippen molar-refractivity contribution in [1.82, 2.24) is 0 Å². The molecule has 0 aromatic rings. The van der Waals surface area contributed by atoms with E-state index in [4.69, 9.17) is 35.7 Å². The molecule has 0 aliphatic carbocycles. The van der Waals surface area contributed by atoms with Gasteiger partial charge in [-0.1, -0.05) is 42.3 Å². The molecule has 0 spiro atoms. The van der Waals surface area contributed by atoms with Crippen molar-refractivity contribution in [2.45, 2.75) is 96.2 Å². The third-order valence-corrected chi connectivity index (χ3v) is 6.25. The molecule has 2 rings (SSSR count). The molecule has 0 aromatic carbocycles. The van der Waals surface area contributed by atoms with Gasteiger partial charge in [-0.25, -0.2) is 0 Å². The van der Waals surface area contributed by atoms with Gasteiger partial charge in [-0.2, -0.15) is 0 Å². The monoisotopic (exact) mass is 542 g/mol. The van der Waals surface area contributed by atoms with Gasteiger partial charge in [-0.05, 0) is 26.2 Å². The lowest BCUT2D eigenvalue weighted by Gasteiger charge is -2.24. The van der Waals surface area contributed by atoms with Gasteiger partial charge in [0.1, 0.15) is 31.0 Å². The Balaban J connectivity index is 2.32. The fourth-order valence-electron chi connectivity index (χ4n) is 4.15. The first-order chi connectivity index (χ1) is 17.5. The summed E-state index contributed by atoms with van der Waals surface area (Å²) >= 11 is 6.39. The van der Waals surface area contributed by atoms with Crippen molar-refractivity contribution in [2.24, 2.45) is 0 Å². The normalized spacial score (nSPS) is 29.0. The van der Waals surface area contributed by atoms with Crippen LogP contribution in [0.2, 0.25) is 0 Å². The van der Waals surface area contributed by atoms with Crippen LogP contribution in [0.5, 0.6) is 0 Å². The minimum Gasteiger partial charge on any atom is -0.481 e. The molecule has 0 saturated carbocycles. The minimum atomic E-state index is -1.21. The van der Waals surface area contributed by atoms with Crippen molar-refractivity contribution >= 4 is 35.5 Å².